The highest BCUT2D eigenvalue weighted by Gasteiger charge is 1.98. The molecule has 0 saturated heterocycles. The van der Waals surface area contributed by atoms with Crippen molar-refractivity contribution in [1.82, 2.24) is 4.57 Å². The standard InChI is InChI=1S/C10H15NO/c1-3-8-11-9(4-2)6-5-7-10(11)12/h5-7H,3-4,8H2,1-2H3. The maximum absolute atomic E-state index is 11.4. The van der Waals surface area contributed by atoms with Gasteiger partial charge >= 0.3 is 0 Å². The molecule has 0 aliphatic carbocycles. The molecule has 0 amide bonds. The number of hydrogen-bond acceptors (Lipinski definition) is 1. The van der Waals surface area contributed by atoms with Gasteiger partial charge in [0.05, 0.1) is 0 Å². The van der Waals surface area contributed by atoms with Crippen LogP contribution in [0.2, 0.25) is 0 Å². The van der Waals surface area contributed by atoms with Crippen LogP contribution >= 0.6 is 0 Å². The first-order valence-electron chi connectivity index (χ1n) is 4.48. The van der Waals surface area contributed by atoms with E-state index in [9.17, 15) is 4.79 Å². The van der Waals surface area contributed by atoms with Crippen LogP contribution in [-0.2, 0) is 13.0 Å². The minimum Gasteiger partial charge on any atom is -0.313 e. The van der Waals surface area contributed by atoms with Crippen LogP contribution in [0, 0.1) is 0 Å². The fourth-order valence-electron chi connectivity index (χ4n) is 1.35. The van der Waals surface area contributed by atoms with Crippen LogP contribution in [0.5, 0.6) is 0 Å². The van der Waals surface area contributed by atoms with Gasteiger partial charge in [0.15, 0.2) is 0 Å². The summed E-state index contributed by atoms with van der Waals surface area (Å²) in [5.41, 5.74) is 1.25. The first-order valence-corrected chi connectivity index (χ1v) is 4.48. The van der Waals surface area contributed by atoms with Crippen molar-refractivity contribution in [2.24, 2.45) is 0 Å². The highest BCUT2D eigenvalue weighted by atomic mass is 16.1. The molecular formula is C10H15NO. The van der Waals surface area contributed by atoms with Gasteiger partial charge in [0.2, 0.25) is 0 Å². The average molecular weight is 165 g/mol. The maximum atomic E-state index is 11.4. The molecule has 0 aliphatic rings. The molecule has 0 N–H and O–H groups in total. The van der Waals surface area contributed by atoms with Crippen molar-refractivity contribution < 1.29 is 0 Å². The molecule has 0 aliphatic heterocycles. The van der Waals surface area contributed by atoms with Gasteiger partial charge in [-0.15, -0.1) is 0 Å². The Morgan fingerprint density at radius 3 is 2.67 bits per heavy atom. The van der Waals surface area contributed by atoms with E-state index in [0.717, 1.165) is 25.1 Å². The third-order valence-electron chi connectivity index (χ3n) is 1.95. The number of nitrogens with zero attached hydrogens (tertiary/aromatic N) is 1. The Hall–Kier alpha value is -1.05. The third kappa shape index (κ3) is 1.76. The minimum absolute atomic E-state index is 0.121. The van der Waals surface area contributed by atoms with Crippen molar-refractivity contribution >= 4 is 0 Å². The van der Waals surface area contributed by atoms with Gasteiger partial charge in [-0.05, 0) is 18.9 Å². The van der Waals surface area contributed by atoms with E-state index in [4.69, 9.17) is 0 Å². The van der Waals surface area contributed by atoms with Gasteiger partial charge in [-0.3, -0.25) is 4.79 Å². The van der Waals surface area contributed by atoms with Crippen molar-refractivity contribution in [1.29, 1.82) is 0 Å². The summed E-state index contributed by atoms with van der Waals surface area (Å²) in [6, 6.07) is 5.46. The van der Waals surface area contributed by atoms with Gasteiger partial charge in [0.1, 0.15) is 0 Å². The Balaban J connectivity index is 3.11. The summed E-state index contributed by atoms with van der Waals surface area (Å²) < 4.78 is 1.85. The highest BCUT2D eigenvalue weighted by Crippen LogP contribution is 1.98. The van der Waals surface area contributed by atoms with Crippen LogP contribution in [0.25, 0.3) is 0 Å². The molecule has 0 radical (unpaired) electrons. The summed E-state index contributed by atoms with van der Waals surface area (Å²) in [5.74, 6) is 0. The molecule has 1 aromatic heterocycles. The molecule has 66 valence electrons. The zero-order valence-corrected chi connectivity index (χ0v) is 7.71. The Morgan fingerprint density at radius 1 is 1.33 bits per heavy atom. The summed E-state index contributed by atoms with van der Waals surface area (Å²) in [4.78, 5) is 11.4. The lowest BCUT2D eigenvalue weighted by atomic mass is 10.2. The van der Waals surface area contributed by atoms with Crippen LogP contribution in [0.4, 0.5) is 0 Å². The second kappa shape index (κ2) is 4.10. The number of aromatic nitrogens is 1. The molecule has 0 fully saturated rings. The molecule has 0 aromatic carbocycles. The molecule has 0 unspecified atom stereocenters. The predicted octanol–water partition coefficient (Wildman–Crippen LogP) is 1.82. The maximum Gasteiger partial charge on any atom is 0.250 e. The summed E-state index contributed by atoms with van der Waals surface area (Å²) in [6.45, 7) is 4.99. The fraction of sp³-hybridized carbons (Fsp3) is 0.500. The van der Waals surface area contributed by atoms with Gasteiger partial charge in [-0.2, -0.15) is 0 Å². The number of hydrogen-bond donors (Lipinski definition) is 0. The lowest BCUT2D eigenvalue weighted by molar-refractivity contribution is 0.622. The van der Waals surface area contributed by atoms with Crippen LogP contribution < -0.4 is 5.56 Å². The highest BCUT2D eigenvalue weighted by molar-refractivity contribution is 5.06. The van der Waals surface area contributed by atoms with Crippen LogP contribution in [0.1, 0.15) is 26.0 Å². The zero-order chi connectivity index (χ0) is 8.97. The molecular weight excluding hydrogens is 150 g/mol. The molecule has 12 heavy (non-hydrogen) atoms. The van der Waals surface area contributed by atoms with Crippen molar-refractivity contribution in [3.63, 3.8) is 0 Å². The third-order valence-corrected chi connectivity index (χ3v) is 1.95. The molecule has 2 nitrogen and oxygen atoms in total. The first-order chi connectivity index (χ1) is 5.79. The topological polar surface area (TPSA) is 22.0 Å². The normalized spacial score (nSPS) is 10.2. The van der Waals surface area contributed by atoms with E-state index in [1.54, 1.807) is 6.07 Å². The van der Waals surface area contributed by atoms with Gasteiger partial charge in [-0.25, -0.2) is 0 Å². The monoisotopic (exact) mass is 165 g/mol. The minimum atomic E-state index is 0.121. The summed E-state index contributed by atoms with van der Waals surface area (Å²) in [5, 5.41) is 0. The fourth-order valence-corrected chi connectivity index (χ4v) is 1.35. The van der Waals surface area contributed by atoms with E-state index in [-0.39, 0.29) is 5.56 Å². The van der Waals surface area contributed by atoms with Crippen LogP contribution in [-0.4, -0.2) is 4.57 Å². The zero-order valence-electron chi connectivity index (χ0n) is 7.71. The summed E-state index contributed by atoms with van der Waals surface area (Å²) in [7, 11) is 0. The van der Waals surface area contributed by atoms with Crippen molar-refractivity contribution in [3.8, 4) is 0 Å². The van der Waals surface area contributed by atoms with E-state index in [1.165, 1.54) is 0 Å². The van der Waals surface area contributed by atoms with Gasteiger partial charge < -0.3 is 4.57 Å². The molecule has 0 spiro atoms. The molecule has 0 saturated carbocycles. The van der Waals surface area contributed by atoms with Crippen molar-refractivity contribution in [2.75, 3.05) is 0 Å². The van der Waals surface area contributed by atoms with E-state index in [1.807, 2.05) is 16.7 Å². The van der Waals surface area contributed by atoms with Gasteiger partial charge in [0.25, 0.3) is 5.56 Å². The molecule has 1 rings (SSSR count). The van der Waals surface area contributed by atoms with Gasteiger partial charge in [-0.1, -0.05) is 19.9 Å². The smallest absolute Gasteiger partial charge is 0.250 e. The van der Waals surface area contributed by atoms with E-state index in [2.05, 4.69) is 13.8 Å². The molecule has 0 bridgehead atoms. The van der Waals surface area contributed by atoms with E-state index in [0.29, 0.717) is 0 Å². The SMILES string of the molecule is CCCn1c(CC)cccc1=O. The quantitative estimate of drug-likeness (QED) is 0.669. The second-order valence-corrected chi connectivity index (χ2v) is 2.86. The lowest BCUT2D eigenvalue weighted by Crippen LogP contribution is -2.21. The van der Waals surface area contributed by atoms with Crippen LogP contribution in [0.15, 0.2) is 23.0 Å². The number of rotatable bonds is 3. The largest absolute Gasteiger partial charge is 0.313 e. The molecule has 1 heterocycles. The van der Waals surface area contributed by atoms with E-state index < -0.39 is 0 Å². The Labute approximate surface area is 72.8 Å². The molecule has 2 heteroatoms. The second-order valence-electron chi connectivity index (χ2n) is 2.86. The van der Waals surface area contributed by atoms with Crippen molar-refractivity contribution in [3.05, 3.63) is 34.2 Å². The Morgan fingerprint density at radius 2 is 2.08 bits per heavy atom. The Bertz CT molecular complexity index is 301. The van der Waals surface area contributed by atoms with Gasteiger partial charge in [0, 0.05) is 18.3 Å². The summed E-state index contributed by atoms with van der Waals surface area (Å²) >= 11 is 0. The van der Waals surface area contributed by atoms with Crippen molar-refractivity contribution in [2.45, 2.75) is 33.2 Å². The molecule has 0 atom stereocenters. The number of aryl methyl sites for hydroxylation is 1. The predicted molar refractivity (Wildman–Crippen MR) is 50.4 cm³/mol. The molecule has 1 aromatic rings. The number of pyridine rings is 1. The van der Waals surface area contributed by atoms with E-state index >= 15 is 0 Å². The van der Waals surface area contributed by atoms with Crippen LogP contribution in [0.3, 0.4) is 0 Å². The summed E-state index contributed by atoms with van der Waals surface area (Å²) in [6.07, 6.45) is 1.94. The lowest BCUT2D eigenvalue weighted by Gasteiger charge is -2.08. The average Bonchev–Trinajstić information content (AvgIpc) is 2.09. The first kappa shape index (κ1) is 9.04. The Kier molecular flexibility index (Phi) is 3.09.